The van der Waals surface area contributed by atoms with E-state index in [1.807, 2.05) is 12.1 Å². The number of anilines is 3. The molecule has 0 radical (unpaired) electrons. The molecule has 1 amide bonds. The highest BCUT2D eigenvalue weighted by Gasteiger charge is 2.19. The summed E-state index contributed by atoms with van der Waals surface area (Å²) in [7, 11) is 3.04. The number of nitrogens with zero attached hydrogens (tertiary/aromatic N) is 4. The third kappa shape index (κ3) is 5.84. The van der Waals surface area contributed by atoms with E-state index in [2.05, 4.69) is 49.4 Å². The number of carbonyl (C=O) groups is 1. The Balaban J connectivity index is 1.33. The number of piperazine rings is 1. The van der Waals surface area contributed by atoms with Crippen molar-refractivity contribution in [2.75, 3.05) is 61.3 Å². The summed E-state index contributed by atoms with van der Waals surface area (Å²) in [5.74, 6) is 1.75. The molecule has 0 atom stereocenters. The van der Waals surface area contributed by atoms with Crippen molar-refractivity contribution >= 4 is 46.5 Å². The molecule has 1 saturated heterocycles. The minimum Gasteiger partial charge on any atom is -0.495 e. The third-order valence-corrected chi connectivity index (χ3v) is 6.58. The Morgan fingerprint density at radius 2 is 1.74 bits per heavy atom. The van der Waals surface area contributed by atoms with Crippen molar-refractivity contribution in [1.82, 2.24) is 9.97 Å². The van der Waals surface area contributed by atoms with Gasteiger partial charge in [-0.3, -0.25) is 4.79 Å². The molecule has 3 aromatic rings. The predicted molar refractivity (Wildman–Crippen MR) is 137 cm³/mol. The largest absolute Gasteiger partial charge is 0.495 e. The number of halogens is 1. The smallest absolute Gasteiger partial charge is 0.234 e. The van der Waals surface area contributed by atoms with Crippen molar-refractivity contribution in [3.63, 3.8) is 0 Å². The van der Waals surface area contributed by atoms with Crippen molar-refractivity contribution in [2.24, 2.45) is 0 Å². The summed E-state index contributed by atoms with van der Waals surface area (Å²) in [6, 6.07) is 15.6. The molecule has 0 spiro atoms. The van der Waals surface area contributed by atoms with Crippen LogP contribution in [-0.2, 0) is 4.79 Å². The molecule has 178 valence electrons. The Bertz CT molecular complexity index is 1130. The van der Waals surface area contributed by atoms with Crippen molar-refractivity contribution in [2.45, 2.75) is 5.16 Å². The van der Waals surface area contributed by atoms with E-state index in [0.29, 0.717) is 27.4 Å². The number of hydrogen-bond acceptors (Lipinski definition) is 8. The topological polar surface area (TPSA) is 79.8 Å². The van der Waals surface area contributed by atoms with E-state index in [1.54, 1.807) is 18.3 Å². The van der Waals surface area contributed by atoms with E-state index in [0.717, 1.165) is 32.0 Å². The van der Waals surface area contributed by atoms with Gasteiger partial charge in [0.15, 0.2) is 5.16 Å². The van der Waals surface area contributed by atoms with Gasteiger partial charge in [-0.2, -0.15) is 0 Å². The Kier molecular flexibility index (Phi) is 7.97. The molecule has 1 fully saturated rings. The minimum atomic E-state index is -0.213. The fourth-order valence-corrected chi connectivity index (χ4v) is 4.55. The van der Waals surface area contributed by atoms with Crippen molar-refractivity contribution in [3.8, 4) is 11.5 Å². The van der Waals surface area contributed by atoms with Gasteiger partial charge in [0.25, 0.3) is 0 Å². The van der Waals surface area contributed by atoms with Crippen molar-refractivity contribution < 1.29 is 14.3 Å². The van der Waals surface area contributed by atoms with E-state index in [9.17, 15) is 4.79 Å². The first-order valence-electron chi connectivity index (χ1n) is 10.8. The Morgan fingerprint density at radius 1 is 1.03 bits per heavy atom. The van der Waals surface area contributed by atoms with Gasteiger partial charge in [0.05, 0.1) is 30.7 Å². The van der Waals surface area contributed by atoms with E-state index in [1.165, 1.54) is 31.7 Å². The number of rotatable bonds is 8. The van der Waals surface area contributed by atoms with Crippen LogP contribution in [0.15, 0.2) is 59.9 Å². The molecule has 8 nitrogen and oxygen atoms in total. The molecule has 2 heterocycles. The highest BCUT2D eigenvalue weighted by Crippen LogP contribution is 2.36. The van der Waals surface area contributed by atoms with Crippen LogP contribution in [0.3, 0.4) is 0 Å². The lowest BCUT2D eigenvalue weighted by Crippen LogP contribution is -2.46. The van der Waals surface area contributed by atoms with Crippen molar-refractivity contribution in [1.29, 1.82) is 0 Å². The van der Waals surface area contributed by atoms with E-state index >= 15 is 0 Å². The summed E-state index contributed by atoms with van der Waals surface area (Å²) in [5.41, 5.74) is 1.71. The van der Waals surface area contributed by atoms with Crippen LogP contribution < -0.4 is 24.6 Å². The summed E-state index contributed by atoms with van der Waals surface area (Å²) in [6.45, 7) is 3.58. The predicted octanol–water partition coefficient (Wildman–Crippen LogP) is 4.20. The Hall–Kier alpha value is -3.17. The van der Waals surface area contributed by atoms with E-state index in [-0.39, 0.29) is 11.7 Å². The maximum absolute atomic E-state index is 12.5. The van der Waals surface area contributed by atoms with Crippen LogP contribution >= 0.6 is 23.4 Å². The van der Waals surface area contributed by atoms with E-state index < -0.39 is 0 Å². The fraction of sp³-hybridized carbons (Fsp3) is 0.292. The number of para-hydroxylation sites is 1. The SMILES string of the molecule is COc1cc(OC)c(NC(=O)CSc2nccc(N3CCN(c4ccccc4)CC3)n2)cc1Cl. The fourth-order valence-electron chi connectivity index (χ4n) is 3.68. The number of carbonyl (C=O) groups excluding carboxylic acids is 1. The molecule has 1 aromatic heterocycles. The quantitative estimate of drug-likeness (QED) is 0.365. The second-order valence-electron chi connectivity index (χ2n) is 7.53. The van der Waals surface area contributed by atoms with Crippen LogP contribution in [0.1, 0.15) is 0 Å². The molecule has 34 heavy (non-hydrogen) atoms. The lowest BCUT2D eigenvalue weighted by molar-refractivity contribution is -0.113. The first-order valence-corrected chi connectivity index (χ1v) is 12.2. The average Bonchev–Trinajstić information content (AvgIpc) is 2.88. The second-order valence-corrected chi connectivity index (χ2v) is 8.88. The summed E-state index contributed by atoms with van der Waals surface area (Å²) < 4.78 is 10.5. The first-order chi connectivity index (χ1) is 16.6. The lowest BCUT2D eigenvalue weighted by Gasteiger charge is -2.36. The zero-order valence-electron chi connectivity index (χ0n) is 19.0. The van der Waals surface area contributed by atoms with Gasteiger partial charge in [-0.15, -0.1) is 0 Å². The third-order valence-electron chi connectivity index (χ3n) is 5.42. The van der Waals surface area contributed by atoms with Crippen LogP contribution in [0.4, 0.5) is 17.2 Å². The van der Waals surface area contributed by atoms with Gasteiger partial charge < -0.3 is 24.6 Å². The molecular weight excluding hydrogens is 474 g/mol. The molecule has 0 aliphatic carbocycles. The number of nitrogens with one attached hydrogen (secondary N) is 1. The number of methoxy groups -OCH3 is 2. The van der Waals surface area contributed by atoms with Gasteiger partial charge >= 0.3 is 0 Å². The van der Waals surface area contributed by atoms with Crippen LogP contribution in [0.5, 0.6) is 11.5 Å². The molecule has 1 aliphatic rings. The Morgan fingerprint density at radius 3 is 2.44 bits per heavy atom. The maximum Gasteiger partial charge on any atom is 0.234 e. The lowest BCUT2D eigenvalue weighted by atomic mass is 10.2. The maximum atomic E-state index is 12.5. The van der Waals surface area contributed by atoms with Crippen LogP contribution in [-0.4, -0.2) is 62.0 Å². The summed E-state index contributed by atoms with van der Waals surface area (Å²) in [6.07, 6.45) is 1.73. The molecule has 1 N–H and O–H groups in total. The number of amides is 1. The highest BCUT2D eigenvalue weighted by molar-refractivity contribution is 7.99. The number of thioether (sulfide) groups is 1. The van der Waals surface area contributed by atoms with Gasteiger partial charge in [0.2, 0.25) is 5.91 Å². The van der Waals surface area contributed by atoms with Gasteiger partial charge in [-0.1, -0.05) is 41.6 Å². The van der Waals surface area contributed by atoms with Crippen LogP contribution in [0.2, 0.25) is 5.02 Å². The molecule has 0 bridgehead atoms. The molecule has 4 rings (SSSR count). The number of ether oxygens (including phenoxy) is 2. The highest BCUT2D eigenvalue weighted by atomic mass is 35.5. The number of aromatic nitrogens is 2. The van der Waals surface area contributed by atoms with Crippen LogP contribution in [0.25, 0.3) is 0 Å². The summed E-state index contributed by atoms with van der Waals surface area (Å²) in [4.78, 5) is 26.1. The van der Waals surface area contributed by atoms with Crippen LogP contribution in [0, 0.1) is 0 Å². The van der Waals surface area contributed by atoms with Gasteiger partial charge in [-0.05, 0) is 24.3 Å². The number of benzene rings is 2. The van der Waals surface area contributed by atoms with Crippen molar-refractivity contribution in [3.05, 3.63) is 59.8 Å². The first kappa shape index (κ1) is 24.0. The standard InChI is InChI=1S/C24H26ClN5O3S/c1-32-20-15-21(33-2)19(14-18(20)25)27-23(31)16-34-24-26-9-8-22(28-24)30-12-10-29(11-13-30)17-6-4-3-5-7-17/h3-9,14-15H,10-13,16H2,1-2H3,(H,27,31). The monoisotopic (exact) mass is 499 g/mol. The zero-order valence-corrected chi connectivity index (χ0v) is 20.6. The molecular formula is C24H26ClN5O3S. The Labute approximate surface area is 208 Å². The average molecular weight is 500 g/mol. The van der Waals surface area contributed by atoms with Gasteiger partial charge in [-0.25, -0.2) is 9.97 Å². The summed E-state index contributed by atoms with van der Waals surface area (Å²) in [5, 5.41) is 3.76. The molecule has 1 aliphatic heterocycles. The normalized spacial score (nSPS) is 13.5. The molecule has 0 unspecified atom stereocenters. The van der Waals surface area contributed by atoms with E-state index in [4.69, 9.17) is 21.1 Å². The summed E-state index contributed by atoms with van der Waals surface area (Å²) >= 11 is 7.46. The molecule has 2 aromatic carbocycles. The van der Waals surface area contributed by atoms with Gasteiger partial charge in [0, 0.05) is 44.1 Å². The molecule has 10 heteroatoms. The van der Waals surface area contributed by atoms with Gasteiger partial charge in [0.1, 0.15) is 17.3 Å². The zero-order chi connectivity index (χ0) is 23.9. The minimum absolute atomic E-state index is 0.151. The molecule has 0 saturated carbocycles. The number of hydrogen-bond donors (Lipinski definition) is 1. The second kappa shape index (κ2) is 11.3.